The molecule has 1 N–H and O–H groups in total. The molecule has 0 radical (unpaired) electrons. The fourth-order valence-electron chi connectivity index (χ4n) is 1.67. The van der Waals surface area contributed by atoms with Gasteiger partial charge in [0, 0.05) is 6.54 Å². The van der Waals surface area contributed by atoms with Crippen molar-refractivity contribution >= 4 is 5.97 Å². The highest BCUT2D eigenvalue weighted by molar-refractivity contribution is 5.90. The predicted molar refractivity (Wildman–Crippen MR) is 52.2 cm³/mol. The second-order valence-corrected chi connectivity index (χ2v) is 3.85. The van der Waals surface area contributed by atoms with Gasteiger partial charge in [-0.05, 0) is 14.1 Å². The van der Waals surface area contributed by atoms with Crippen molar-refractivity contribution in [2.24, 2.45) is 0 Å². The van der Waals surface area contributed by atoms with Crippen molar-refractivity contribution in [2.45, 2.75) is 12.6 Å². The predicted octanol–water partition coefficient (Wildman–Crippen LogP) is -0.0961. The smallest absolute Gasteiger partial charge is 0.342 e. The maximum Gasteiger partial charge on any atom is 0.342 e. The van der Waals surface area contributed by atoms with Crippen molar-refractivity contribution in [2.75, 3.05) is 20.6 Å². The van der Waals surface area contributed by atoms with Crippen LogP contribution in [0.3, 0.4) is 0 Å². The van der Waals surface area contributed by atoms with Crippen molar-refractivity contribution in [3.05, 3.63) is 11.8 Å². The van der Waals surface area contributed by atoms with E-state index in [2.05, 4.69) is 5.10 Å². The number of aromatic nitrogens is 2. The van der Waals surface area contributed by atoms with E-state index >= 15 is 0 Å². The summed E-state index contributed by atoms with van der Waals surface area (Å²) in [6.45, 7) is 1.36. The molecule has 0 aliphatic carbocycles. The molecule has 1 aliphatic heterocycles. The van der Waals surface area contributed by atoms with Crippen LogP contribution in [0.5, 0.6) is 5.88 Å². The first-order valence-corrected chi connectivity index (χ1v) is 4.68. The van der Waals surface area contributed by atoms with E-state index in [0.29, 0.717) is 12.4 Å². The van der Waals surface area contributed by atoms with Crippen molar-refractivity contribution in [1.82, 2.24) is 14.7 Å². The number of aromatic carboxylic acids is 1. The Morgan fingerprint density at radius 3 is 3.13 bits per heavy atom. The zero-order chi connectivity index (χ0) is 11.0. The van der Waals surface area contributed by atoms with Crippen LogP contribution in [0.25, 0.3) is 0 Å². The maximum absolute atomic E-state index is 10.8. The lowest BCUT2D eigenvalue weighted by Crippen LogP contribution is -2.30. The molecular formula is C9H13N3O3. The number of rotatable bonds is 3. The molecule has 1 atom stereocenters. The number of nitrogens with zero attached hydrogens (tertiary/aromatic N) is 3. The maximum atomic E-state index is 10.8. The number of hydrogen-bond acceptors (Lipinski definition) is 4. The highest BCUT2D eigenvalue weighted by Gasteiger charge is 2.29. The van der Waals surface area contributed by atoms with Gasteiger partial charge in [-0.1, -0.05) is 0 Å². The summed E-state index contributed by atoms with van der Waals surface area (Å²) in [4.78, 5) is 12.8. The van der Waals surface area contributed by atoms with Gasteiger partial charge in [0.05, 0.1) is 12.7 Å². The van der Waals surface area contributed by atoms with Gasteiger partial charge in [-0.3, -0.25) is 0 Å². The van der Waals surface area contributed by atoms with Gasteiger partial charge in [0.25, 0.3) is 0 Å². The lowest BCUT2D eigenvalue weighted by molar-refractivity contribution is 0.0690. The molecule has 0 saturated heterocycles. The quantitative estimate of drug-likeness (QED) is 0.756. The molecule has 0 fully saturated rings. The van der Waals surface area contributed by atoms with Crippen molar-refractivity contribution in [3.63, 3.8) is 0 Å². The van der Waals surface area contributed by atoms with E-state index in [1.807, 2.05) is 19.0 Å². The molecule has 0 aromatic carbocycles. The van der Waals surface area contributed by atoms with E-state index in [1.165, 1.54) is 6.20 Å². The van der Waals surface area contributed by atoms with Gasteiger partial charge in [0.1, 0.15) is 11.7 Å². The van der Waals surface area contributed by atoms with E-state index in [0.717, 1.165) is 6.54 Å². The third kappa shape index (κ3) is 1.80. The van der Waals surface area contributed by atoms with Crippen LogP contribution in [0.4, 0.5) is 0 Å². The topological polar surface area (TPSA) is 67.6 Å². The van der Waals surface area contributed by atoms with Crippen LogP contribution in [0.2, 0.25) is 0 Å². The number of carboxylic acid groups (broad SMARTS) is 1. The Balaban J connectivity index is 2.14. The largest absolute Gasteiger partial charge is 0.477 e. The van der Waals surface area contributed by atoms with Gasteiger partial charge in [0.2, 0.25) is 5.88 Å². The lowest BCUT2D eigenvalue weighted by atomic mass is 10.3. The molecular weight excluding hydrogens is 198 g/mol. The third-order valence-corrected chi connectivity index (χ3v) is 2.25. The summed E-state index contributed by atoms with van der Waals surface area (Å²) in [6.07, 6.45) is 1.31. The van der Waals surface area contributed by atoms with E-state index in [1.54, 1.807) is 4.68 Å². The number of hydrogen-bond donors (Lipinski definition) is 1. The number of fused-ring (bicyclic) bond motifs is 1. The van der Waals surface area contributed by atoms with E-state index in [-0.39, 0.29) is 11.7 Å². The minimum Gasteiger partial charge on any atom is -0.477 e. The molecule has 0 bridgehead atoms. The SMILES string of the molecule is CN(C)CC1Cn2ncc(C(=O)O)c2O1. The average Bonchev–Trinajstić information content (AvgIpc) is 2.60. The summed E-state index contributed by atoms with van der Waals surface area (Å²) in [5, 5.41) is 12.8. The first kappa shape index (κ1) is 9.97. The Kier molecular flexibility index (Phi) is 2.36. The fourth-order valence-corrected chi connectivity index (χ4v) is 1.67. The number of likely N-dealkylation sites (N-methyl/N-ethyl adjacent to an activating group) is 1. The van der Waals surface area contributed by atoms with E-state index < -0.39 is 5.97 Å². The lowest BCUT2D eigenvalue weighted by Gasteiger charge is -2.14. The highest BCUT2D eigenvalue weighted by atomic mass is 16.5. The van der Waals surface area contributed by atoms with Gasteiger partial charge in [0.15, 0.2) is 0 Å². The summed E-state index contributed by atoms with van der Waals surface area (Å²) < 4.78 is 7.12. The highest BCUT2D eigenvalue weighted by Crippen LogP contribution is 2.25. The molecule has 1 aromatic heterocycles. The summed E-state index contributed by atoms with van der Waals surface area (Å²) in [7, 11) is 3.89. The standard InChI is InChI=1S/C9H13N3O3/c1-11(2)4-6-5-12-8(15-6)7(3-10-12)9(13)14/h3,6H,4-5H2,1-2H3,(H,13,14). The molecule has 1 aromatic rings. The molecule has 2 rings (SSSR count). The molecule has 0 saturated carbocycles. The van der Waals surface area contributed by atoms with E-state index in [4.69, 9.17) is 9.84 Å². The molecule has 6 heteroatoms. The van der Waals surface area contributed by atoms with E-state index in [9.17, 15) is 4.79 Å². The molecule has 0 amide bonds. The van der Waals surface area contributed by atoms with Gasteiger partial charge in [-0.25, -0.2) is 9.48 Å². The van der Waals surface area contributed by atoms with Crippen LogP contribution >= 0.6 is 0 Å². The number of carboxylic acids is 1. The minimum atomic E-state index is -0.998. The van der Waals surface area contributed by atoms with Crippen LogP contribution in [0.1, 0.15) is 10.4 Å². The Morgan fingerprint density at radius 1 is 1.80 bits per heavy atom. The number of ether oxygens (including phenoxy) is 1. The Labute approximate surface area is 87.1 Å². The average molecular weight is 211 g/mol. The van der Waals surface area contributed by atoms with Crippen molar-refractivity contribution in [1.29, 1.82) is 0 Å². The van der Waals surface area contributed by atoms with Crippen LogP contribution in [0, 0.1) is 0 Å². The first-order valence-electron chi connectivity index (χ1n) is 4.68. The summed E-state index contributed by atoms with van der Waals surface area (Å²) in [6, 6.07) is 0. The first-order chi connectivity index (χ1) is 7.08. The Bertz CT molecular complexity index is 386. The van der Waals surface area contributed by atoms with Crippen LogP contribution < -0.4 is 4.74 Å². The number of carbonyl (C=O) groups is 1. The monoisotopic (exact) mass is 211 g/mol. The third-order valence-electron chi connectivity index (χ3n) is 2.25. The second-order valence-electron chi connectivity index (χ2n) is 3.85. The van der Waals surface area contributed by atoms with Crippen molar-refractivity contribution in [3.8, 4) is 5.88 Å². The van der Waals surface area contributed by atoms with Gasteiger partial charge in [-0.15, -0.1) is 0 Å². The zero-order valence-corrected chi connectivity index (χ0v) is 8.67. The summed E-state index contributed by atoms with van der Waals surface area (Å²) >= 11 is 0. The molecule has 1 unspecified atom stereocenters. The molecule has 0 spiro atoms. The van der Waals surface area contributed by atoms with Crippen LogP contribution in [0.15, 0.2) is 6.20 Å². The van der Waals surface area contributed by atoms with Crippen molar-refractivity contribution < 1.29 is 14.6 Å². The van der Waals surface area contributed by atoms with Gasteiger partial charge in [-0.2, -0.15) is 5.10 Å². The zero-order valence-electron chi connectivity index (χ0n) is 8.67. The fraction of sp³-hybridized carbons (Fsp3) is 0.556. The summed E-state index contributed by atoms with van der Waals surface area (Å²) in [5.74, 6) is -0.629. The normalized spacial score (nSPS) is 19.0. The molecule has 15 heavy (non-hydrogen) atoms. The Hall–Kier alpha value is -1.56. The molecule has 82 valence electrons. The Morgan fingerprint density at radius 2 is 2.53 bits per heavy atom. The summed E-state index contributed by atoms with van der Waals surface area (Å²) in [5.41, 5.74) is 0.135. The van der Waals surface area contributed by atoms with Gasteiger partial charge >= 0.3 is 5.97 Å². The van der Waals surface area contributed by atoms with Crippen LogP contribution in [-0.2, 0) is 6.54 Å². The van der Waals surface area contributed by atoms with Crippen LogP contribution in [-0.4, -0.2) is 52.5 Å². The molecule has 6 nitrogen and oxygen atoms in total. The minimum absolute atomic E-state index is 0.0122. The molecule has 1 aliphatic rings. The molecule has 2 heterocycles. The van der Waals surface area contributed by atoms with Gasteiger partial charge < -0.3 is 14.7 Å². The second kappa shape index (κ2) is 3.54.